The minimum Gasteiger partial charge on any atom is -0.488 e. The summed E-state index contributed by atoms with van der Waals surface area (Å²) in [5.74, 6) is 0.908. The zero-order valence-electron chi connectivity index (χ0n) is 8.67. The number of rotatable bonds is 3. The average molecular weight is 362 g/mol. The highest BCUT2D eigenvalue weighted by atomic mass is 79.9. The Balaban J connectivity index is 2.02. The molecule has 0 amide bonds. The van der Waals surface area contributed by atoms with E-state index in [0.717, 1.165) is 14.7 Å². The lowest BCUT2D eigenvalue weighted by molar-refractivity contribution is 0.309. The molecule has 0 N–H and O–H groups in total. The summed E-state index contributed by atoms with van der Waals surface area (Å²) in [6.07, 6.45) is 0. The van der Waals surface area contributed by atoms with E-state index in [-0.39, 0.29) is 0 Å². The van der Waals surface area contributed by atoms with Crippen LogP contribution in [0.5, 0.6) is 5.75 Å². The molecule has 2 rings (SSSR count). The van der Waals surface area contributed by atoms with Gasteiger partial charge in [0.1, 0.15) is 12.4 Å². The predicted octanol–water partition coefficient (Wildman–Crippen LogP) is 5.16. The topological polar surface area (TPSA) is 9.23 Å². The van der Waals surface area contributed by atoms with Gasteiger partial charge < -0.3 is 4.74 Å². The van der Waals surface area contributed by atoms with E-state index >= 15 is 0 Å². The van der Waals surface area contributed by atoms with Gasteiger partial charge in [-0.05, 0) is 52.7 Å². The molecule has 0 aliphatic carbocycles. The summed E-state index contributed by atoms with van der Waals surface area (Å²) in [6, 6.07) is 8.10. The zero-order valence-corrected chi connectivity index (χ0v) is 12.7. The fourth-order valence-corrected chi connectivity index (χ4v) is 2.90. The van der Waals surface area contributed by atoms with E-state index in [1.54, 1.807) is 11.3 Å². The molecule has 0 spiro atoms. The molecule has 1 heterocycles. The van der Waals surface area contributed by atoms with Crippen LogP contribution in [0.1, 0.15) is 10.4 Å². The van der Waals surface area contributed by atoms with Crippen molar-refractivity contribution in [1.29, 1.82) is 0 Å². The van der Waals surface area contributed by atoms with Gasteiger partial charge in [-0.3, -0.25) is 0 Å². The van der Waals surface area contributed by atoms with E-state index in [0.29, 0.717) is 6.61 Å². The summed E-state index contributed by atoms with van der Waals surface area (Å²) in [5.41, 5.74) is 1.19. The minimum absolute atomic E-state index is 0.622. The smallest absolute Gasteiger partial charge is 0.122 e. The molecule has 16 heavy (non-hydrogen) atoms. The fraction of sp³-hybridized carbons (Fsp3) is 0.167. The highest BCUT2D eigenvalue weighted by Gasteiger charge is 2.01. The van der Waals surface area contributed by atoms with Gasteiger partial charge in [-0.15, -0.1) is 11.3 Å². The maximum Gasteiger partial charge on any atom is 0.122 e. The fourth-order valence-electron chi connectivity index (χ4n) is 1.29. The number of halogens is 2. The molecule has 0 bridgehead atoms. The van der Waals surface area contributed by atoms with Crippen LogP contribution in [0.15, 0.2) is 38.6 Å². The van der Waals surface area contributed by atoms with Crippen LogP contribution in [0.3, 0.4) is 0 Å². The Morgan fingerprint density at radius 1 is 1.25 bits per heavy atom. The van der Waals surface area contributed by atoms with Crippen LogP contribution in [0, 0.1) is 6.92 Å². The van der Waals surface area contributed by atoms with Crippen molar-refractivity contribution in [1.82, 2.24) is 0 Å². The molecule has 0 atom stereocenters. The number of hydrogen-bond donors (Lipinski definition) is 0. The van der Waals surface area contributed by atoms with Crippen LogP contribution in [0.4, 0.5) is 0 Å². The van der Waals surface area contributed by atoms with Crippen LogP contribution >= 0.6 is 43.2 Å². The van der Waals surface area contributed by atoms with Gasteiger partial charge in [0.2, 0.25) is 0 Å². The van der Waals surface area contributed by atoms with Crippen molar-refractivity contribution < 1.29 is 4.74 Å². The second-order valence-electron chi connectivity index (χ2n) is 3.43. The predicted molar refractivity (Wildman–Crippen MR) is 75.2 cm³/mol. The highest BCUT2D eigenvalue weighted by Crippen LogP contribution is 2.24. The van der Waals surface area contributed by atoms with Crippen LogP contribution < -0.4 is 4.74 Å². The summed E-state index contributed by atoms with van der Waals surface area (Å²) in [5, 5.41) is 2.06. The molecule has 0 unspecified atom stereocenters. The highest BCUT2D eigenvalue weighted by molar-refractivity contribution is 9.10. The van der Waals surface area contributed by atoms with Crippen LogP contribution in [0.2, 0.25) is 0 Å². The molecule has 0 saturated carbocycles. The van der Waals surface area contributed by atoms with Gasteiger partial charge in [-0.2, -0.15) is 0 Å². The van der Waals surface area contributed by atoms with Crippen molar-refractivity contribution >= 4 is 43.2 Å². The van der Waals surface area contributed by atoms with Crippen molar-refractivity contribution in [2.75, 3.05) is 0 Å². The van der Waals surface area contributed by atoms with E-state index in [2.05, 4.69) is 50.2 Å². The van der Waals surface area contributed by atoms with Gasteiger partial charge in [0.25, 0.3) is 0 Å². The number of ether oxygens (including phenoxy) is 1. The summed E-state index contributed by atoms with van der Waals surface area (Å²) in [4.78, 5) is 1.22. The Morgan fingerprint density at radius 2 is 2.06 bits per heavy atom. The number of aryl methyl sites for hydroxylation is 1. The van der Waals surface area contributed by atoms with Gasteiger partial charge >= 0.3 is 0 Å². The van der Waals surface area contributed by atoms with Gasteiger partial charge in [0, 0.05) is 19.2 Å². The molecule has 2 aromatic rings. The average Bonchev–Trinajstić information content (AvgIpc) is 2.66. The Labute approximate surface area is 116 Å². The lowest BCUT2D eigenvalue weighted by Crippen LogP contribution is -1.93. The Kier molecular flexibility index (Phi) is 4.05. The van der Waals surface area contributed by atoms with Crippen molar-refractivity contribution in [3.63, 3.8) is 0 Å². The van der Waals surface area contributed by atoms with Crippen LogP contribution in [-0.4, -0.2) is 0 Å². The van der Waals surface area contributed by atoms with E-state index in [1.807, 2.05) is 18.2 Å². The van der Waals surface area contributed by atoms with Gasteiger partial charge in [0.15, 0.2) is 0 Å². The third-order valence-corrected chi connectivity index (χ3v) is 4.69. The maximum absolute atomic E-state index is 5.71. The monoisotopic (exact) mass is 360 g/mol. The summed E-state index contributed by atoms with van der Waals surface area (Å²) >= 11 is 8.59. The van der Waals surface area contributed by atoms with Crippen LogP contribution in [-0.2, 0) is 6.61 Å². The molecule has 0 aliphatic rings. The Bertz CT molecular complexity index is 494. The molecule has 4 heteroatoms. The quantitative estimate of drug-likeness (QED) is 0.733. The van der Waals surface area contributed by atoms with Crippen molar-refractivity contribution in [2.45, 2.75) is 13.5 Å². The summed E-state index contributed by atoms with van der Waals surface area (Å²) in [6.45, 7) is 2.68. The third kappa shape index (κ3) is 3.09. The molecule has 1 aromatic heterocycles. The maximum atomic E-state index is 5.71. The van der Waals surface area contributed by atoms with Crippen molar-refractivity contribution in [3.05, 3.63) is 49.0 Å². The zero-order chi connectivity index (χ0) is 11.5. The second kappa shape index (κ2) is 5.34. The molecule has 0 radical (unpaired) electrons. The SMILES string of the molecule is Cc1cc(OCc2cc(Br)cs2)ccc1Br. The molecule has 0 fully saturated rings. The van der Waals surface area contributed by atoms with E-state index in [9.17, 15) is 0 Å². The lowest BCUT2D eigenvalue weighted by atomic mass is 10.2. The number of benzene rings is 1. The Morgan fingerprint density at radius 3 is 2.69 bits per heavy atom. The first kappa shape index (κ1) is 12.1. The van der Waals surface area contributed by atoms with Gasteiger partial charge in [0.05, 0.1) is 0 Å². The third-order valence-electron chi connectivity index (χ3n) is 2.13. The summed E-state index contributed by atoms with van der Waals surface area (Å²) < 4.78 is 7.93. The minimum atomic E-state index is 0.622. The second-order valence-corrected chi connectivity index (χ2v) is 6.20. The van der Waals surface area contributed by atoms with Crippen molar-refractivity contribution in [3.8, 4) is 5.75 Å². The first-order valence-corrected chi connectivity index (χ1v) is 7.23. The molecule has 0 saturated heterocycles. The molecule has 0 aliphatic heterocycles. The van der Waals surface area contributed by atoms with E-state index in [4.69, 9.17) is 4.74 Å². The number of hydrogen-bond acceptors (Lipinski definition) is 2. The first-order chi connectivity index (χ1) is 7.65. The number of thiophene rings is 1. The largest absolute Gasteiger partial charge is 0.488 e. The van der Waals surface area contributed by atoms with Gasteiger partial charge in [-0.1, -0.05) is 15.9 Å². The van der Waals surface area contributed by atoms with Crippen molar-refractivity contribution in [2.24, 2.45) is 0 Å². The standard InChI is InChI=1S/C12H10Br2OS/c1-8-4-10(2-3-12(8)14)15-6-11-5-9(13)7-16-11/h2-5,7H,6H2,1H3. The molecule has 84 valence electrons. The molecule has 1 aromatic carbocycles. The normalized spacial score (nSPS) is 10.4. The molecule has 1 nitrogen and oxygen atoms in total. The van der Waals surface area contributed by atoms with E-state index < -0.39 is 0 Å². The lowest BCUT2D eigenvalue weighted by Gasteiger charge is -2.06. The summed E-state index contributed by atoms with van der Waals surface area (Å²) in [7, 11) is 0. The van der Waals surface area contributed by atoms with Gasteiger partial charge in [-0.25, -0.2) is 0 Å². The van der Waals surface area contributed by atoms with E-state index in [1.165, 1.54) is 10.4 Å². The molecular formula is C12H10Br2OS. The Hall–Kier alpha value is -0.320. The van der Waals surface area contributed by atoms with Crippen LogP contribution in [0.25, 0.3) is 0 Å². The molecular weight excluding hydrogens is 352 g/mol. The first-order valence-electron chi connectivity index (χ1n) is 4.77.